The third-order valence-corrected chi connectivity index (χ3v) is 1.85. The van der Waals surface area contributed by atoms with E-state index in [9.17, 15) is 0 Å². The summed E-state index contributed by atoms with van der Waals surface area (Å²) in [7, 11) is 1.43. The van der Waals surface area contributed by atoms with Crippen LogP contribution in [0.2, 0.25) is 15.1 Å². The topological polar surface area (TPSA) is 9.23 Å². The van der Waals surface area contributed by atoms with Gasteiger partial charge in [-0.05, 0) is 12.1 Å². The summed E-state index contributed by atoms with van der Waals surface area (Å²) in [6, 6.07) is 1.45. The van der Waals surface area contributed by atoms with Crippen LogP contribution in [0.3, 0.4) is 0 Å². The number of hydrogen-bond acceptors (Lipinski definition) is 1. The summed E-state index contributed by atoms with van der Waals surface area (Å²) in [6.45, 7) is 0. The van der Waals surface area contributed by atoms with Gasteiger partial charge >= 0.3 is 0 Å². The van der Waals surface area contributed by atoms with E-state index in [4.69, 9.17) is 40.9 Å². The number of ether oxygens (including phenoxy) is 1. The maximum absolute atomic E-state index is 7.38. The molecule has 1 aromatic carbocycles. The quantitative estimate of drug-likeness (QED) is 0.690. The Bertz CT molecular complexity index is 314. The molecule has 0 aliphatic rings. The zero-order valence-electron chi connectivity index (χ0n) is 6.62. The Labute approximate surface area is 81.2 Å². The second-order valence-electron chi connectivity index (χ2n) is 1.81. The van der Waals surface area contributed by atoms with Crippen molar-refractivity contribution >= 4 is 34.8 Å². The molecule has 0 heterocycles. The van der Waals surface area contributed by atoms with E-state index in [1.165, 1.54) is 13.2 Å². The second-order valence-corrected chi connectivity index (χ2v) is 3.00. The molecule has 4 heteroatoms. The van der Waals surface area contributed by atoms with E-state index in [1.807, 2.05) is 0 Å². The van der Waals surface area contributed by atoms with Crippen LogP contribution in [0.5, 0.6) is 5.75 Å². The first-order valence-electron chi connectivity index (χ1n) is 3.26. The summed E-state index contributed by atoms with van der Waals surface area (Å²) in [5.74, 6) is 0.285. The van der Waals surface area contributed by atoms with Gasteiger partial charge in [0, 0.05) is 5.02 Å². The molecule has 0 N–H and O–H groups in total. The Kier molecular flexibility index (Phi) is 2.41. The molecule has 0 unspecified atom stereocenters. The highest BCUT2D eigenvalue weighted by molar-refractivity contribution is 6.40. The smallest absolute Gasteiger partial charge is 0.156 e. The van der Waals surface area contributed by atoms with E-state index >= 15 is 0 Å². The lowest BCUT2D eigenvalue weighted by Gasteiger charge is -2.04. The van der Waals surface area contributed by atoms with Gasteiger partial charge in [0.1, 0.15) is 0 Å². The maximum atomic E-state index is 7.38. The molecule has 0 aliphatic heterocycles. The van der Waals surface area contributed by atoms with Crippen molar-refractivity contribution in [3.8, 4) is 5.75 Å². The fourth-order valence-corrected chi connectivity index (χ4v) is 1.58. The van der Waals surface area contributed by atoms with Crippen LogP contribution >= 0.6 is 34.8 Å². The van der Waals surface area contributed by atoms with Crippen molar-refractivity contribution < 1.29 is 6.11 Å². The van der Waals surface area contributed by atoms with Crippen molar-refractivity contribution in [1.29, 1.82) is 0 Å². The Morgan fingerprint density at radius 3 is 2.55 bits per heavy atom. The number of methoxy groups -OCH3 is 1. The molecule has 0 aromatic heterocycles. The van der Waals surface area contributed by atoms with Crippen LogP contribution in [0.25, 0.3) is 0 Å². The summed E-state index contributed by atoms with van der Waals surface area (Å²) < 4.78 is 12.3. The highest BCUT2D eigenvalue weighted by Crippen LogP contribution is 2.35. The van der Waals surface area contributed by atoms with Crippen molar-refractivity contribution in [2.75, 3.05) is 7.11 Å². The fourth-order valence-electron chi connectivity index (χ4n) is 0.666. The largest absolute Gasteiger partial charge is 0.494 e. The number of rotatable bonds is 1. The molecule has 11 heavy (non-hydrogen) atoms. The minimum Gasteiger partial charge on any atom is -0.494 e. The number of benzene rings is 1. The molecular weight excluding hydrogens is 206 g/mol. The van der Waals surface area contributed by atoms with Gasteiger partial charge in [-0.2, -0.15) is 0 Å². The van der Waals surface area contributed by atoms with Gasteiger partial charge in [0.2, 0.25) is 0 Å². The number of halogens is 3. The number of hydrogen-bond donors (Lipinski definition) is 0. The SMILES string of the molecule is [2H]c1c(Cl)cc(Cl)c(OC)c1Cl. The maximum Gasteiger partial charge on any atom is 0.156 e. The lowest BCUT2D eigenvalue weighted by atomic mass is 10.3. The van der Waals surface area contributed by atoms with Crippen LogP contribution in [0.4, 0.5) is 0 Å². The van der Waals surface area contributed by atoms with Crippen LogP contribution in [0.1, 0.15) is 1.37 Å². The van der Waals surface area contributed by atoms with E-state index in [0.29, 0.717) is 5.02 Å². The van der Waals surface area contributed by atoms with Crippen LogP contribution < -0.4 is 4.74 Å². The van der Waals surface area contributed by atoms with Crippen molar-refractivity contribution in [3.05, 3.63) is 27.2 Å². The highest BCUT2D eigenvalue weighted by Gasteiger charge is 2.06. The molecule has 0 saturated heterocycles. The molecule has 1 aromatic rings. The zero-order valence-corrected chi connectivity index (χ0v) is 7.89. The minimum atomic E-state index is 0.0274. The third-order valence-electron chi connectivity index (χ3n) is 1.10. The molecule has 0 fully saturated rings. The van der Waals surface area contributed by atoms with Crippen LogP contribution in [-0.4, -0.2) is 7.11 Å². The Balaban J connectivity index is 3.40. The van der Waals surface area contributed by atoms with Crippen LogP contribution in [0.15, 0.2) is 12.1 Å². The zero-order chi connectivity index (χ0) is 9.30. The standard InChI is InChI=1S/C7H5Cl3O/c1-11-7-5(9)2-4(8)3-6(7)10/h2-3H,1H3/i2D. The van der Waals surface area contributed by atoms with Gasteiger partial charge in [-0.1, -0.05) is 34.8 Å². The first kappa shape index (κ1) is 7.53. The van der Waals surface area contributed by atoms with Gasteiger partial charge in [-0.3, -0.25) is 0 Å². The molecule has 0 amide bonds. The lowest BCUT2D eigenvalue weighted by molar-refractivity contribution is 0.415. The molecule has 0 spiro atoms. The first-order chi connectivity index (χ1) is 5.57. The molecule has 0 bridgehead atoms. The Morgan fingerprint density at radius 2 is 2.00 bits per heavy atom. The molecule has 0 radical (unpaired) electrons. The predicted molar refractivity (Wildman–Crippen MR) is 48.0 cm³/mol. The summed E-state index contributed by atoms with van der Waals surface area (Å²) in [5, 5.41) is 0.657. The van der Waals surface area contributed by atoms with Crippen molar-refractivity contribution in [2.24, 2.45) is 0 Å². The van der Waals surface area contributed by atoms with E-state index in [0.717, 1.165) is 0 Å². The lowest BCUT2D eigenvalue weighted by Crippen LogP contribution is -1.84. The van der Waals surface area contributed by atoms with Gasteiger partial charge < -0.3 is 4.74 Å². The van der Waals surface area contributed by atoms with Crippen LogP contribution in [-0.2, 0) is 0 Å². The van der Waals surface area contributed by atoms with Gasteiger partial charge in [-0.25, -0.2) is 0 Å². The Hall–Kier alpha value is -0.110. The Morgan fingerprint density at radius 1 is 1.36 bits per heavy atom. The van der Waals surface area contributed by atoms with E-state index in [-0.39, 0.29) is 21.8 Å². The average molecular weight is 212 g/mol. The average Bonchev–Trinajstić information content (AvgIpc) is 2.01. The van der Waals surface area contributed by atoms with Crippen LogP contribution in [0, 0.1) is 0 Å². The van der Waals surface area contributed by atoms with E-state index < -0.39 is 0 Å². The third kappa shape index (κ3) is 1.92. The van der Waals surface area contributed by atoms with Gasteiger partial charge in [0.05, 0.1) is 18.5 Å². The summed E-state index contributed by atoms with van der Waals surface area (Å²) in [6.07, 6.45) is 0. The van der Waals surface area contributed by atoms with E-state index in [2.05, 4.69) is 0 Å². The highest BCUT2D eigenvalue weighted by atomic mass is 35.5. The molecule has 60 valence electrons. The molecule has 1 rings (SSSR count). The first-order valence-corrected chi connectivity index (χ1v) is 3.89. The molecular formula is C7H5Cl3O. The normalized spacial score (nSPS) is 11.1. The van der Waals surface area contributed by atoms with Crippen molar-refractivity contribution in [2.45, 2.75) is 0 Å². The summed E-state index contributed by atoms with van der Waals surface area (Å²) in [4.78, 5) is 0. The summed E-state index contributed by atoms with van der Waals surface area (Å²) in [5.41, 5.74) is 0. The van der Waals surface area contributed by atoms with E-state index in [1.54, 1.807) is 0 Å². The molecule has 0 saturated carbocycles. The van der Waals surface area contributed by atoms with Gasteiger partial charge in [0.25, 0.3) is 0 Å². The van der Waals surface area contributed by atoms with Crippen molar-refractivity contribution in [1.82, 2.24) is 0 Å². The van der Waals surface area contributed by atoms with Crippen molar-refractivity contribution in [3.63, 3.8) is 0 Å². The predicted octanol–water partition coefficient (Wildman–Crippen LogP) is 3.66. The minimum absolute atomic E-state index is 0.0274. The molecule has 0 atom stereocenters. The fraction of sp³-hybridized carbons (Fsp3) is 0.143. The molecule has 1 nitrogen and oxygen atoms in total. The summed E-state index contributed by atoms with van der Waals surface area (Å²) >= 11 is 17.1. The monoisotopic (exact) mass is 211 g/mol. The second kappa shape index (κ2) is 3.53. The van der Waals surface area contributed by atoms with Gasteiger partial charge in [-0.15, -0.1) is 0 Å². The molecule has 0 aliphatic carbocycles. The van der Waals surface area contributed by atoms with Gasteiger partial charge in [0.15, 0.2) is 5.75 Å².